The number of nitrogens with two attached hydrogens (primary N) is 2. The van der Waals surface area contributed by atoms with Gasteiger partial charge in [-0.2, -0.15) is 9.97 Å². The second kappa shape index (κ2) is 9.41. The Morgan fingerprint density at radius 3 is 2.72 bits per heavy atom. The van der Waals surface area contributed by atoms with Gasteiger partial charge in [-0.05, 0) is 19.3 Å². The quantitative estimate of drug-likeness (QED) is 0.364. The molecule has 1 aromatic rings. The van der Waals surface area contributed by atoms with Crippen molar-refractivity contribution >= 4 is 25.2 Å². The Morgan fingerprint density at radius 1 is 1.31 bits per heavy atom. The monoisotopic (exact) mass is 432 g/mol. The summed E-state index contributed by atoms with van der Waals surface area (Å²) >= 11 is 0. The molecular formula is C16H29N6O6P. The summed E-state index contributed by atoms with van der Waals surface area (Å²) in [6.07, 6.45) is 1.19. The minimum Gasteiger partial charge on any atom is -0.479 e. The van der Waals surface area contributed by atoms with Crippen LogP contribution in [0.2, 0.25) is 0 Å². The second-order valence-electron chi connectivity index (χ2n) is 7.22. The van der Waals surface area contributed by atoms with Crippen molar-refractivity contribution < 1.29 is 28.2 Å². The number of anilines is 3. The molecular weight excluding hydrogens is 403 g/mol. The van der Waals surface area contributed by atoms with Crippen molar-refractivity contribution in [1.82, 2.24) is 15.1 Å². The van der Waals surface area contributed by atoms with Gasteiger partial charge in [0.2, 0.25) is 11.8 Å². The number of nitrogens with zero attached hydrogens (tertiary/aromatic N) is 2. The smallest absolute Gasteiger partial charge is 0.403 e. The van der Waals surface area contributed by atoms with E-state index in [1.165, 1.54) is 7.11 Å². The highest BCUT2D eigenvalue weighted by molar-refractivity contribution is 7.50. The Balaban J connectivity index is 1.53. The standard InChI is InChI=1S/C16H29N6O6P/c1-9-7-11(8-27-29(23,24)22-10-3-5-26-6-4-10)28-14(9)19-13-12(17)15(25-2)21-16(18)20-13/h9-11,14H,3-8,17H2,1-2H3,(H2,22,23,24)(H3,18,19,20,21). The lowest BCUT2D eigenvalue weighted by Gasteiger charge is -2.25. The Morgan fingerprint density at radius 2 is 2.03 bits per heavy atom. The molecule has 1 aromatic heterocycles. The van der Waals surface area contributed by atoms with Gasteiger partial charge in [-0.1, -0.05) is 6.92 Å². The van der Waals surface area contributed by atoms with Crippen LogP contribution in [0.5, 0.6) is 5.88 Å². The number of rotatable bonds is 8. The van der Waals surface area contributed by atoms with Gasteiger partial charge in [0.15, 0.2) is 5.82 Å². The molecule has 4 unspecified atom stereocenters. The number of aromatic nitrogens is 2. The lowest BCUT2D eigenvalue weighted by molar-refractivity contribution is 0.0210. The summed E-state index contributed by atoms with van der Waals surface area (Å²) in [4.78, 5) is 18.1. The van der Waals surface area contributed by atoms with E-state index in [2.05, 4.69) is 20.4 Å². The summed E-state index contributed by atoms with van der Waals surface area (Å²) in [5.74, 6) is 0.573. The fourth-order valence-corrected chi connectivity index (χ4v) is 4.53. The zero-order chi connectivity index (χ0) is 21.0. The van der Waals surface area contributed by atoms with Crippen LogP contribution in [0, 0.1) is 5.92 Å². The van der Waals surface area contributed by atoms with E-state index in [4.69, 9.17) is 30.2 Å². The van der Waals surface area contributed by atoms with Crippen molar-refractivity contribution in [2.75, 3.05) is 43.7 Å². The molecule has 13 heteroatoms. The summed E-state index contributed by atoms with van der Waals surface area (Å²) < 4.78 is 33.8. The van der Waals surface area contributed by atoms with Gasteiger partial charge in [-0.15, -0.1) is 0 Å². The Labute approximate surface area is 169 Å². The first-order valence-electron chi connectivity index (χ1n) is 9.49. The van der Waals surface area contributed by atoms with E-state index in [1.807, 2.05) is 6.92 Å². The van der Waals surface area contributed by atoms with E-state index < -0.39 is 14.0 Å². The third-order valence-corrected chi connectivity index (χ3v) is 6.08. The molecule has 0 spiro atoms. The third kappa shape index (κ3) is 5.91. The van der Waals surface area contributed by atoms with E-state index in [1.54, 1.807) is 0 Å². The van der Waals surface area contributed by atoms with Crippen LogP contribution in [0.3, 0.4) is 0 Å². The highest BCUT2D eigenvalue weighted by atomic mass is 31.2. The topological polar surface area (TPSA) is 176 Å². The Kier molecular flexibility index (Phi) is 7.14. The molecule has 2 aliphatic rings. The predicted octanol–water partition coefficient (Wildman–Crippen LogP) is 0.698. The van der Waals surface area contributed by atoms with Crippen LogP contribution in [0.25, 0.3) is 0 Å². The largest absolute Gasteiger partial charge is 0.479 e. The molecule has 2 fully saturated rings. The first kappa shape index (κ1) is 22.0. The van der Waals surface area contributed by atoms with Gasteiger partial charge in [-0.25, -0.2) is 9.65 Å². The maximum absolute atomic E-state index is 12.3. The molecule has 3 rings (SSSR count). The van der Waals surface area contributed by atoms with Crippen molar-refractivity contribution in [3.8, 4) is 5.88 Å². The van der Waals surface area contributed by atoms with Crippen LogP contribution < -0.4 is 26.6 Å². The zero-order valence-corrected chi connectivity index (χ0v) is 17.4. The summed E-state index contributed by atoms with van der Waals surface area (Å²) in [6, 6.07) is -0.0985. The van der Waals surface area contributed by atoms with Crippen LogP contribution in [-0.4, -0.2) is 60.2 Å². The Hall–Kier alpha value is -1.69. The molecule has 2 aliphatic heterocycles. The number of hydrogen-bond donors (Lipinski definition) is 5. The molecule has 29 heavy (non-hydrogen) atoms. The molecule has 0 aliphatic carbocycles. The molecule has 0 saturated carbocycles. The average Bonchev–Trinajstić information content (AvgIpc) is 3.03. The van der Waals surface area contributed by atoms with Crippen molar-refractivity contribution in [2.45, 2.75) is 44.6 Å². The van der Waals surface area contributed by atoms with Gasteiger partial charge >= 0.3 is 7.75 Å². The molecule has 0 radical (unpaired) electrons. The highest BCUT2D eigenvalue weighted by Gasteiger charge is 2.35. The maximum atomic E-state index is 12.3. The second-order valence-corrected chi connectivity index (χ2v) is 8.78. The van der Waals surface area contributed by atoms with Gasteiger partial charge in [0.1, 0.15) is 11.9 Å². The van der Waals surface area contributed by atoms with Crippen molar-refractivity contribution in [3.63, 3.8) is 0 Å². The molecule has 0 aromatic carbocycles. The molecule has 164 valence electrons. The van der Waals surface area contributed by atoms with Crippen LogP contribution in [0.4, 0.5) is 17.5 Å². The predicted molar refractivity (Wildman–Crippen MR) is 106 cm³/mol. The van der Waals surface area contributed by atoms with Crippen LogP contribution >= 0.6 is 7.75 Å². The van der Waals surface area contributed by atoms with Crippen LogP contribution in [0.1, 0.15) is 26.2 Å². The number of hydrogen-bond acceptors (Lipinski definition) is 10. The molecule has 4 atom stereocenters. The summed E-state index contributed by atoms with van der Waals surface area (Å²) in [5.41, 5.74) is 11.9. The number of ether oxygens (including phenoxy) is 3. The van der Waals surface area contributed by atoms with Crippen molar-refractivity contribution in [3.05, 3.63) is 0 Å². The maximum Gasteiger partial charge on any atom is 0.403 e. The first-order chi connectivity index (χ1) is 13.8. The highest BCUT2D eigenvalue weighted by Crippen LogP contribution is 2.40. The van der Waals surface area contributed by atoms with E-state index >= 15 is 0 Å². The minimum absolute atomic E-state index is 0.0166. The molecule has 0 amide bonds. The van der Waals surface area contributed by atoms with Gasteiger partial charge < -0.3 is 35.9 Å². The number of nitrogens with one attached hydrogen (secondary N) is 2. The van der Waals surface area contributed by atoms with Gasteiger partial charge in [-0.3, -0.25) is 4.52 Å². The minimum atomic E-state index is -3.92. The van der Waals surface area contributed by atoms with E-state index in [0.717, 1.165) is 0 Å². The summed E-state index contributed by atoms with van der Waals surface area (Å²) in [7, 11) is -2.49. The van der Waals surface area contributed by atoms with Gasteiger partial charge in [0.05, 0.1) is 19.8 Å². The summed E-state index contributed by atoms with van der Waals surface area (Å²) in [5, 5.41) is 5.78. The SMILES string of the molecule is COc1nc(N)nc(NC2OC(COP(=O)(O)NC3CCOCC3)CC2C)c1N. The van der Waals surface area contributed by atoms with E-state index in [-0.39, 0.29) is 42.2 Å². The fourth-order valence-electron chi connectivity index (χ4n) is 3.36. The van der Waals surface area contributed by atoms with Crippen molar-refractivity contribution in [1.29, 1.82) is 0 Å². The first-order valence-corrected chi connectivity index (χ1v) is 11.1. The van der Waals surface area contributed by atoms with Gasteiger partial charge in [0, 0.05) is 25.2 Å². The number of methoxy groups -OCH3 is 1. The summed E-state index contributed by atoms with van der Waals surface area (Å²) in [6.45, 7) is 3.09. The van der Waals surface area contributed by atoms with E-state index in [9.17, 15) is 9.46 Å². The normalized spacial score (nSPS) is 27.5. The number of nitrogen functional groups attached to an aromatic ring is 2. The van der Waals surface area contributed by atoms with Crippen molar-refractivity contribution in [2.24, 2.45) is 5.92 Å². The molecule has 7 N–H and O–H groups in total. The third-order valence-electron chi connectivity index (χ3n) is 4.89. The molecule has 2 saturated heterocycles. The lowest BCUT2D eigenvalue weighted by atomic mass is 10.1. The average molecular weight is 432 g/mol. The van der Waals surface area contributed by atoms with Crippen LogP contribution in [-0.2, 0) is 18.6 Å². The van der Waals surface area contributed by atoms with Crippen LogP contribution in [0.15, 0.2) is 0 Å². The van der Waals surface area contributed by atoms with E-state index in [0.29, 0.717) is 38.3 Å². The van der Waals surface area contributed by atoms with Gasteiger partial charge in [0.25, 0.3) is 0 Å². The molecule has 12 nitrogen and oxygen atoms in total. The zero-order valence-electron chi connectivity index (χ0n) is 16.5. The fraction of sp³-hybridized carbons (Fsp3) is 0.750. The molecule has 3 heterocycles. The molecule has 0 bridgehead atoms. The lowest BCUT2D eigenvalue weighted by Crippen LogP contribution is -2.33. The Bertz CT molecular complexity index is 749.